The van der Waals surface area contributed by atoms with E-state index in [-0.39, 0.29) is 31.0 Å². The molecule has 0 aliphatic heterocycles. The van der Waals surface area contributed by atoms with Gasteiger partial charge in [0.1, 0.15) is 5.69 Å². The summed E-state index contributed by atoms with van der Waals surface area (Å²) in [5.41, 5.74) is 2.76. The van der Waals surface area contributed by atoms with E-state index in [9.17, 15) is 14.4 Å². The number of hydrogen-bond donors (Lipinski definition) is 3. The number of benzene rings is 1. The maximum atomic E-state index is 12.7. The van der Waals surface area contributed by atoms with Gasteiger partial charge in [-0.05, 0) is 32.8 Å². The molecule has 0 bridgehead atoms. The summed E-state index contributed by atoms with van der Waals surface area (Å²) in [5.74, 6) is -2.13. The first-order chi connectivity index (χ1) is 12.9. The molecule has 3 N–H and O–H groups in total. The maximum absolute atomic E-state index is 12.7. The smallest absolute Gasteiger partial charge is 0.340 e. The Labute approximate surface area is 157 Å². The molecule has 7 heteroatoms. The number of H-pyrrole nitrogens is 1. The van der Waals surface area contributed by atoms with E-state index in [4.69, 9.17) is 9.84 Å². The van der Waals surface area contributed by atoms with Gasteiger partial charge in [-0.3, -0.25) is 9.59 Å². The summed E-state index contributed by atoms with van der Waals surface area (Å²) >= 11 is 0. The van der Waals surface area contributed by atoms with Crippen molar-refractivity contribution < 1.29 is 24.2 Å². The molecule has 0 unspecified atom stereocenters. The third-order valence-electron chi connectivity index (χ3n) is 4.06. The Morgan fingerprint density at radius 1 is 1.15 bits per heavy atom. The van der Waals surface area contributed by atoms with Crippen molar-refractivity contribution >= 4 is 17.7 Å². The largest absolute Gasteiger partial charge is 0.462 e. The van der Waals surface area contributed by atoms with Gasteiger partial charge in [0.05, 0.1) is 12.2 Å². The average molecular weight is 372 g/mol. The predicted molar refractivity (Wildman–Crippen MR) is 101 cm³/mol. The minimum absolute atomic E-state index is 0.0425. The first kappa shape index (κ1) is 20.4. The number of carbonyl (C=O) groups is 3. The van der Waals surface area contributed by atoms with Crippen molar-refractivity contribution in [3.8, 4) is 11.1 Å². The molecule has 2 aromatic rings. The number of rotatable bonds is 8. The van der Waals surface area contributed by atoms with Crippen LogP contribution >= 0.6 is 0 Å². The van der Waals surface area contributed by atoms with Crippen LogP contribution in [0, 0.1) is 13.8 Å². The molecule has 0 aliphatic carbocycles. The highest BCUT2D eigenvalue weighted by Crippen LogP contribution is 2.31. The molecule has 0 fully saturated rings. The first-order valence-corrected chi connectivity index (χ1v) is 8.80. The molecular weight excluding hydrogens is 348 g/mol. The lowest BCUT2D eigenvalue weighted by molar-refractivity contribution is -0.117. The summed E-state index contributed by atoms with van der Waals surface area (Å²) in [4.78, 5) is 40.2. The SMILES string of the molecule is CCOC(=O)c1c(C)[nH]c(C(=O)C(=O)NCCCO)c1-c1ccc(C)cc1. The lowest BCUT2D eigenvalue weighted by Gasteiger charge is -2.08. The number of aryl methyl sites for hydroxylation is 2. The van der Waals surface area contributed by atoms with Crippen LogP contribution in [0.4, 0.5) is 0 Å². The minimum atomic E-state index is -0.798. The summed E-state index contributed by atoms with van der Waals surface area (Å²) in [6.07, 6.45) is 0.349. The molecule has 7 nitrogen and oxygen atoms in total. The van der Waals surface area contributed by atoms with E-state index in [0.29, 0.717) is 23.2 Å². The van der Waals surface area contributed by atoms with Gasteiger partial charge >= 0.3 is 5.97 Å². The molecule has 27 heavy (non-hydrogen) atoms. The molecule has 0 atom stereocenters. The number of hydrogen-bond acceptors (Lipinski definition) is 5. The molecule has 0 radical (unpaired) electrons. The number of carbonyl (C=O) groups excluding carboxylic acids is 3. The zero-order chi connectivity index (χ0) is 20.0. The Bertz CT molecular complexity index is 837. The van der Waals surface area contributed by atoms with E-state index in [2.05, 4.69) is 10.3 Å². The Balaban J connectivity index is 2.52. The second-order valence-electron chi connectivity index (χ2n) is 6.12. The molecule has 144 valence electrons. The van der Waals surface area contributed by atoms with Gasteiger partial charge in [0, 0.05) is 24.4 Å². The normalized spacial score (nSPS) is 10.5. The van der Waals surface area contributed by atoms with E-state index in [1.807, 2.05) is 19.1 Å². The Kier molecular flexibility index (Phi) is 6.90. The Morgan fingerprint density at radius 3 is 2.41 bits per heavy atom. The highest BCUT2D eigenvalue weighted by Gasteiger charge is 2.29. The lowest BCUT2D eigenvalue weighted by Crippen LogP contribution is -2.32. The van der Waals surface area contributed by atoms with E-state index < -0.39 is 17.7 Å². The van der Waals surface area contributed by atoms with Crippen LogP contribution < -0.4 is 5.32 Å². The monoisotopic (exact) mass is 372 g/mol. The third kappa shape index (κ3) is 4.62. The lowest BCUT2D eigenvalue weighted by atomic mass is 9.97. The highest BCUT2D eigenvalue weighted by atomic mass is 16.5. The van der Waals surface area contributed by atoms with Crippen LogP contribution in [-0.4, -0.2) is 47.5 Å². The summed E-state index contributed by atoms with van der Waals surface area (Å²) < 4.78 is 5.13. The first-order valence-electron chi connectivity index (χ1n) is 8.80. The van der Waals surface area contributed by atoms with Crippen LogP contribution in [0.25, 0.3) is 11.1 Å². The predicted octanol–water partition coefficient (Wildman–Crippen LogP) is 2.16. The van der Waals surface area contributed by atoms with Crippen molar-refractivity contribution in [1.29, 1.82) is 0 Å². The van der Waals surface area contributed by atoms with Crippen LogP contribution in [0.15, 0.2) is 24.3 Å². The molecule has 2 rings (SSSR count). The number of ketones is 1. The molecule has 0 saturated carbocycles. The van der Waals surface area contributed by atoms with Crippen molar-refractivity contribution in [1.82, 2.24) is 10.3 Å². The van der Waals surface area contributed by atoms with Gasteiger partial charge < -0.3 is 20.1 Å². The summed E-state index contributed by atoms with van der Waals surface area (Å²) in [7, 11) is 0. The number of ether oxygens (including phenoxy) is 1. The minimum Gasteiger partial charge on any atom is -0.462 e. The van der Waals surface area contributed by atoms with E-state index in [1.54, 1.807) is 26.0 Å². The fraction of sp³-hybridized carbons (Fsp3) is 0.350. The zero-order valence-corrected chi connectivity index (χ0v) is 15.7. The van der Waals surface area contributed by atoms with Gasteiger partial charge in [0.15, 0.2) is 0 Å². The topological polar surface area (TPSA) is 108 Å². The number of Topliss-reactive ketones (excluding diaryl/α,β-unsaturated/α-hetero) is 1. The molecular formula is C20H24N2O5. The van der Waals surface area contributed by atoms with Crippen molar-refractivity contribution in [2.75, 3.05) is 19.8 Å². The number of aromatic amines is 1. The number of aliphatic hydroxyl groups excluding tert-OH is 1. The third-order valence-corrected chi connectivity index (χ3v) is 4.06. The van der Waals surface area contributed by atoms with E-state index >= 15 is 0 Å². The van der Waals surface area contributed by atoms with Gasteiger partial charge in [0.25, 0.3) is 11.7 Å². The van der Waals surface area contributed by atoms with E-state index in [0.717, 1.165) is 5.56 Å². The zero-order valence-electron chi connectivity index (χ0n) is 15.7. The number of aliphatic hydroxyl groups is 1. The number of nitrogens with one attached hydrogen (secondary N) is 2. The highest BCUT2D eigenvalue weighted by molar-refractivity contribution is 6.43. The standard InChI is InChI=1S/C20H24N2O5/c1-4-27-20(26)15-13(3)22-17(18(24)19(25)21-10-5-11-23)16(15)14-8-6-12(2)7-9-14/h6-9,22-23H,4-5,10-11H2,1-3H3,(H,21,25). The average Bonchev–Trinajstić information content (AvgIpc) is 2.99. The van der Waals surface area contributed by atoms with Crippen molar-refractivity contribution in [2.45, 2.75) is 27.2 Å². The van der Waals surface area contributed by atoms with Crippen molar-refractivity contribution in [3.05, 3.63) is 46.8 Å². The molecule has 0 saturated heterocycles. The Hall–Kier alpha value is -2.93. The van der Waals surface area contributed by atoms with Crippen molar-refractivity contribution in [2.24, 2.45) is 0 Å². The fourth-order valence-electron chi connectivity index (χ4n) is 2.74. The van der Waals surface area contributed by atoms with Crippen LogP contribution in [0.2, 0.25) is 0 Å². The van der Waals surface area contributed by atoms with Gasteiger partial charge in [-0.1, -0.05) is 29.8 Å². The number of amides is 1. The van der Waals surface area contributed by atoms with Gasteiger partial charge in [-0.25, -0.2) is 4.79 Å². The summed E-state index contributed by atoms with van der Waals surface area (Å²) in [6.45, 7) is 5.58. The molecule has 0 aliphatic rings. The van der Waals surface area contributed by atoms with Crippen LogP contribution in [0.3, 0.4) is 0 Å². The Morgan fingerprint density at radius 2 is 1.81 bits per heavy atom. The summed E-state index contributed by atoms with van der Waals surface area (Å²) in [5, 5.41) is 11.3. The van der Waals surface area contributed by atoms with Crippen molar-refractivity contribution in [3.63, 3.8) is 0 Å². The second kappa shape index (κ2) is 9.14. The molecule has 1 amide bonds. The quantitative estimate of drug-likeness (QED) is 0.285. The number of aromatic nitrogens is 1. The number of esters is 1. The molecule has 1 heterocycles. The van der Waals surface area contributed by atoms with Crippen LogP contribution in [-0.2, 0) is 9.53 Å². The summed E-state index contributed by atoms with van der Waals surface area (Å²) in [6, 6.07) is 7.31. The van der Waals surface area contributed by atoms with Gasteiger partial charge in [-0.15, -0.1) is 0 Å². The second-order valence-corrected chi connectivity index (χ2v) is 6.12. The van der Waals surface area contributed by atoms with E-state index in [1.165, 1.54) is 0 Å². The molecule has 1 aromatic carbocycles. The van der Waals surface area contributed by atoms with Crippen LogP contribution in [0.5, 0.6) is 0 Å². The van der Waals surface area contributed by atoms with Gasteiger partial charge in [-0.2, -0.15) is 0 Å². The van der Waals surface area contributed by atoms with Gasteiger partial charge in [0.2, 0.25) is 0 Å². The molecule has 0 spiro atoms. The maximum Gasteiger partial charge on any atom is 0.340 e. The van der Waals surface area contributed by atoms with Crippen LogP contribution in [0.1, 0.15) is 45.4 Å². The molecule has 1 aromatic heterocycles. The fourth-order valence-corrected chi connectivity index (χ4v) is 2.74.